The Morgan fingerprint density at radius 2 is 2.12 bits per heavy atom. The lowest BCUT2D eigenvalue weighted by molar-refractivity contribution is -0.143. The zero-order chi connectivity index (χ0) is 18.1. The van der Waals surface area contributed by atoms with Gasteiger partial charge in [-0.15, -0.1) is 0 Å². The summed E-state index contributed by atoms with van der Waals surface area (Å²) in [7, 11) is 1.76. The molecule has 1 aromatic carbocycles. The molecule has 3 rings (SSSR count). The highest BCUT2D eigenvalue weighted by molar-refractivity contribution is 6.00. The summed E-state index contributed by atoms with van der Waals surface area (Å²) in [5.41, 5.74) is 2.81. The summed E-state index contributed by atoms with van der Waals surface area (Å²) in [6.07, 6.45) is 1.69. The van der Waals surface area contributed by atoms with Gasteiger partial charge in [-0.2, -0.15) is 0 Å². The molecule has 1 fully saturated rings. The summed E-state index contributed by atoms with van der Waals surface area (Å²) in [4.78, 5) is 38.6. The number of likely N-dealkylation sites (N-methyl/N-ethyl adjacent to an activating group) is 1. The first-order chi connectivity index (χ1) is 11.9. The quantitative estimate of drug-likeness (QED) is 0.874. The number of benzene rings is 1. The van der Waals surface area contributed by atoms with Crippen molar-refractivity contribution in [3.63, 3.8) is 0 Å². The van der Waals surface area contributed by atoms with Gasteiger partial charge in [-0.25, -0.2) is 4.79 Å². The van der Waals surface area contributed by atoms with E-state index in [2.05, 4.69) is 5.32 Å². The van der Waals surface area contributed by atoms with Crippen molar-refractivity contribution < 1.29 is 19.5 Å². The lowest BCUT2D eigenvalue weighted by Gasteiger charge is -2.31. The largest absolute Gasteiger partial charge is 0.481 e. The number of carbonyl (C=O) groups is 3. The van der Waals surface area contributed by atoms with Crippen LogP contribution in [0.5, 0.6) is 0 Å². The maximum Gasteiger partial charge on any atom is 0.317 e. The van der Waals surface area contributed by atoms with Crippen molar-refractivity contribution in [1.82, 2.24) is 10.2 Å². The molecule has 0 bridgehead atoms. The Labute approximate surface area is 146 Å². The number of anilines is 1. The third-order valence-electron chi connectivity index (χ3n) is 5.08. The van der Waals surface area contributed by atoms with E-state index in [1.807, 2.05) is 25.1 Å². The number of hydrogen-bond donors (Lipinski definition) is 2. The molecule has 25 heavy (non-hydrogen) atoms. The molecule has 7 nitrogen and oxygen atoms in total. The average molecular weight is 345 g/mol. The topological polar surface area (TPSA) is 90.0 Å². The Morgan fingerprint density at radius 3 is 2.84 bits per heavy atom. The standard InChI is InChI=1S/C18H23N3O4/c1-11(12-5-6-15-14(8-12)9-16(22)20(15)2)19-18(25)21-7-3-4-13(10-21)17(23)24/h5-6,8,11,13H,3-4,7,9-10H2,1-2H3,(H,19,25)(H,23,24). The van der Waals surface area contributed by atoms with Crippen LogP contribution in [0.25, 0.3) is 0 Å². The van der Waals surface area contributed by atoms with Gasteiger partial charge in [0, 0.05) is 25.8 Å². The Morgan fingerprint density at radius 1 is 1.36 bits per heavy atom. The average Bonchev–Trinajstić information content (AvgIpc) is 2.88. The predicted octanol–water partition coefficient (Wildman–Crippen LogP) is 1.77. The van der Waals surface area contributed by atoms with Gasteiger partial charge < -0.3 is 20.2 Å². The molecule has 2 aliphatic rings. The van der Waals surface area contributed by atoms with Crippen LogP contribution in [-0.2, 0) is 16.0 Å². The van der Waals surface area contributed by atoms with Gasteiger partial charge in [-0.05, 0) is 37.0 Å². The first-order valence-electron chi connectivity index (χ1n) is 8.54. The second kappa shape index (κ2) is 6.74. The molecule has 7 heteroatoms. The molecule has 2 unspecified atom stereocenters. The number of rotatable bonds is 3. The Kier molecular flexibility index (Phi) is 4.65. The van der Waals surface area contributed by atoms with Gasteiger partial charge in [0.25, 0.3) is 0 Å². The molecule has 1 aromatic rings. The number of fused-ring (bicyclic) bond motifs is 1. The molecule has 3 amide bonds. The lowest BCUT2D eigenvalue weighted by Crippen LogP contribution is -2.47. The van der Waals surface area contributed by atoms with E-state index in [0.717, 1.165) is 16.8 Å². The van der Waals surface area contributed by atoms with Gasteiger partial charge >= 0.3 is 12.0 Å². The first-order valence-corrected chi connectivity index (χ1v) is 8.54. The normalized spacial score (nSPS) is 21.0. The van der Waals surface area contributed by atoms with Gasteiger partial charge in [0.05, 0.1) is 18.4 Å². The molecular weight excluding hydrogens is 322 g/mol. The fourth-order valence-corrected chi connectivity index (χ4v) is 3.48. The molecule has 0 spiro atoms. The summed E-state index contributed by atoms with van der Waals surface area (Å²) in [6.45, 7) is 2.71. The molecule has 2 aliphatic heterocycles. The number of piperidine rings is 1. The zero-order valence-electron chi connectivity index (χ0n) is 14.5. The minimum absolute atomic E-state index is 0.0665. The SMILES string of the molecule is CC(NC(=O)N1CCCC(C(=O)O)C1)c1ccc2c(c1)CC(=O)N2C. The fourth-order valence-electron chi connectivity index (χ4n) is 3.48. The van der Waals surface area contributed by atoms with Crippen LogP contribution in [0.2, 0.25) is 0 Å². The number of amides is 3. The van der Waals surface area contributed by atoms with Gasteiger partial charge in [0.2, 0.25) is 5.91 Å². The van der Waals surface area contributed by atoms with E-state index in [1.165, 1.54) is 0 Å². The van der Waals surface area contributed by atoms with Gasteiger partial charge in [0.15, 0.2) is 0 Å². The van der Waals surface area contributed by atoms with E-state index >= 15 is 0 Å². The van der Waals surface area contributed by atoms with Crippen LogP contribution in [0, 0.1) is 5.92 Å². The van der Waals surface area contributed by atoms with E-state index in [9.17, 15) is 14.4 Å². The van der Waals surface area contributed by atoms with Crippen molar-refractivity contribution in [2.45, 2.75) is 32.2 Å². The highest BCUT2D eigenvalue weighted by Gasteiger charge is 2.29. The number of nitrogens with one attached hydrogen (secondary N) is 1. The highest BCUT2D eigenvalue weighted by Crippen LogP contribution is 2.30. The number of carboxylic acids is 1. The van der Waals surface area contributed by atoms with E-state index in [-0.39, 0.29) is 24.5 Å². The fraction of sp³-hybridized carbons (Fsp3) is 0.500. The van der Waals surface area contributed by atoms with Crippen LogP contribution in [0.15, 0.2) is 18.2 Å². The Balaban J connectivity index is 1.65. The molecule has 2 atom stereocenters. The summed E-state index contributed by atoms with van der Waals surface area (Å²) in [5, 5.41) is 12.1. The third kappa shape index (κ3) is 3.45. The molecular formula is C18H23N3O4. The van der Waals surface area contributed by atoms with Crippen molar-refractivity contribution in [2.75, 3.05) is 25.0 Å². The van der Waals surface area contributed by atoms with Crippen molar-refractivity contribution in [3.8, 4) is 0 Å². The molecule has 0 radical (unpaired) electrons. The predicted molar refractivity (Wildman–Crippen MR) is 92.4 cm³/mol. The molecule has 2 N–H and O–H groups in total. The number of carbonyl (C=O) groups excluding carboxylic acids is 2. The van der Waals surface area contributed by atoms with E-state index in [4.69, 9.17) is 5.11 Å². The number of hydrogen-bond acceptors (Lipinski definition) is 3. The van der Waals surface area contributed by atoms with Crippen LogP contribution < -0.4 is 10.2 Å². The van der Waals surface area contributed by atoms with E-state index < -0.39 is 11.9 Å². The minimum atomic E-state index is -0.849. The number of nitrogens with zero attached hydrogens (tertiary/aromatic N) is 2. The maximum absolute atomic E-state index is 12.4. The van der Waals surface area contributed by atoms with Gasteiger partial charge in [-0.1, -0.05) is 12.1 Å². The van der Waals surface area contributed by atoms with Crippen molar-refractivity contribution in [2.24, 2.45) is 5.92 Å². The van der Waals surface area contributed by atoms with Crippen LogP contribution >= 0.6 is 0 Å². The lowest BCUT2D eigenvalue weighted by atomic mass is 9.98. The Bertz CT molecular complexity index is 718. The molecule has 0 saturated carbocycles. The summed E-state index contributed by atoms with van der Waals surface area (Å²) >= 11 is 0. The minimum Gasteiger partial charge on any atom is -0.481 e. The van der Waals surface area contributed by atoms with Gasteiger partial charge in [0.1, 0.15) is 0 Å². The van der Waals surface area contributed by atoms with Crippen molar-refractivity contribution in [3.05, 3.63) is 29.3 Å². The summed E-state index contributed by atoms with van der Waals surface area (Å²) in [5.74, 6) is -1.27. The van der Waals surface area contributed by atoms with Crippen LogP contribution in [-0.4, -0.2) is 48.1 Å². The second-order valence-electron chi connectivity index (χ2n) is 6.81. The highest BCUT2D eigenvalue weighted by atomic mass is 16.4. The van der Waals surface area contributed by atoms with Crippen LogP contribution in [0.1, 0.15) is 36.9 Å². The number of urea groups is 1. The second-order valence-corrected chi connectivity index (χ2v) is 6.81. The molecule has 1 saturated heterocycles. The maximum atomic E-state index is 12.4. The first kappa shape index (κ1) is 17.3. The molecule has 2 heterocycles. The monoisotopic (exact) mass is 345 g/mol. The van der Waals surface area contributed by atoms with E-state index in [1.54, 1.807) is 16.8 Å². The van der Waals surface area contributed by atoms with Gasteiger partial charge in [-0.3, -0.25) is 9.59 Å². The number of carboxylic acid groups (broad SMARTS) is 1. The summed E-state index contributed by atoms with van der Waals surface area (Å²) in [6, 6.07) is 5.31. The Hall–Kier alpha value is -2.57. The number of aliphatic carboxylic acids is 1. The molecule has 0 aromatic heterocycles. The summed E-state index contributed by atoms with van der Waals surface area (Å²) < 4.78 is 0. The molecule has 134 valence electrons. The smallest absolute Gasteiger partial charge is 0.317 e. The van der Waals surface area contributed by atoms with Crippen LogP contribution in [0.4, 0.5) is 10.5 Å². The van der Waals surface area contributed by atoms with Crippen LogP contribution in [0.3, 0.4) is 0 Å². The molecule has 0 aliphatic carbocycles. The zero-order valence-corrected chi connectivity index (χ0v) is 14.5. The van der Waals surface area contributed by atoms with Crippen molar-refractivity contribution >= 4 is 23.6 Å². The third-order valence-corrected chi connectivity index (χ3v) is 5.08. The van der Waals surface area contributed by atoms with Crippen molar-refractivity contribution in [1.29, 1.82) is 0 Å². The van der Waals surface area contributed by atoms with E-state index in [0.29, 0.717) is 25.8 Å². The number of likely N-dealkylation sites (tertiary alicyclic amines) is 1.